The van der Waals surface area contributed by atoms with E-state index >= 15 is 0 Å². The second-order valence-corrected chi connectivity index (χ2v) is 19.8. The zero-order valence-electron chi connectivity index (χ0n) is 33.7. The van der Waals surface area contributed by atoms with E-state index in [1.807, 2.05) is 18.2 Å². The molecule has 62 heavy (non-hydrogen) atoms. The fourth-order valence-electron chi connectivity index (χ4n) is 9.66. The second-order valence-electron chi connectivity index (χ2n) is 16.1. The molecule has 0 fully saturated rings. The highest BCUT2D eigenvalue weighted by atomic mass is 28.3. The average molecular weight is 807 g/mol. The first-order chi connectivity index (χ1) is 30.7. The van der Waals surface area contributed by atoms with E-state index in [4.69, 9.17) is 14.4 Å². The Morgan fingerprint density at radius 3 is 1.42 bits per heavy atom. The van der Waals surface area contributed by atoms with Crippen LogP contribution in [0, 0.1) is 0 Å². The van der Waals surface area contributed by atoms with Gasteiger partial charge in [-0.2, -0.15) is 0 Å². The lowest BCUT2D eigenvalue weighted by atomic mass is 10.00. The number of aromatic nitrogens is 2. The zero-order chi connectivity index (χ0) is 41.0. The topological polar surface area (TPSA) is 38.9 Å². The summed E-state index contributed by atoms with van der Waals surface area (Å²) in [5, 5.41) is 7.96. The minimum Gasteiger partial charge on any atom is -0.456 e. The monoisotopic (exact) mass is 806 g/mol. The Balaban J connectivity index is 0.883. The molecule has 0 amide bonds. The number of hydrogen-bond acceptors (Lipinski definition) is 3. The van der Waals surface area contributed by atoms with Crippen molar-refractivity contribution in [3.63, 3.8) is 0 Å². The minimum absolute atomic E-state index is 0.694. The fourth-order valence-corrected chi connectivity index (χ4v) is 14.8. The quantitative estimate of drug-likeness (QED) is 0.151. The van der Waals surface area contributed by atoms with Crippen LogP contribution in [0.4, 0.5) is 0 Å². The van der Waals surface area contributed by atoms with Crippen molar-refractivity contribution in [3.8, 4) is 67.3 Å². The molecule has 3 nitrogen and oxygen atoms in total. The van der Waals surface area contributed by atoms with Crippen LogP contribution in [-0.2, 0) is 0 Å². The number of benzene rings is 9. The van der Waals surface area contributed by atoms with Gasteiger partial charge in [0.05, 0.1) is 11.4 Å². The van der Waals surface area contributed by atoms with E-state index in [9.17, 15) is 0 Å². The average Bonchev–Trinajstić information content (AvgIpc) is 3.88. The summed E-state index contributed by atoms with van der Waals surface area (Å²) in [6, 6.07) is 83.1. The lowest BCUT2D eigenvalue weighted by Gasteiger charge is -2.31. The third-order valence-electron chi connectivity index (χ3n) is 12.6. The number of nitrogens with zero attached hydrogens (tertiary/aromatic N) is 2. The molecule has 1 aliphatic rings. The molecule has 9 aromatic carbocycles. The van der Waals surface area contributed by atoms with Gasteiger partial charge in [-0.25, -0.2) is 9.97 Å². The molecule has 0 saturated carbocycles. The third kappa shape index (κ3) is 5.87. The summed E-state index contributed by atoms with van der Waals surface area (Å²) < 4.78 is 6.09. The van der Waals surface area contributed by atoms with E-state index in [0.717, 1.165) is 66.7 Å². The fraction of sp³-hybridized carbons (Fsp3) is 0. The van der Waals surface area contributed by atoms with Crippen molar-refractivity contribution in [2.75, 3.05) is 0 Å². The molecule has 0 saturated heterocycles. The van der Waals surface area contributed by atoms with E-state index in [1.165, 1.54) is 37.4 Å². The molecule has 0 atom stereocenters. The van der Waals surface area contributed by atoms with Crippen LogP contribution in [0.2, 0.25) is 0 Å². The van der Waals surface area contributed by atoms with Crippen LogP contribution in [0.1, 0.15) is 0 Å². The third-order valence-corrected chi connectivity index (χ3v) is 17.5. The maximum Gasteiger partial charge on any atom is 0.180 e. The molecule has 1 aliphatic heterocycles. The summed E-state index contributed by atoms with van der Waals surface area (Å²) in [4.78, 5) is 10.3. The van der Waals surface area contributed by atoms with Crippen molar-refractivity contribution in [1.82, 2.24) is 9.97 Å². The van der Waals surface area contributed by atoms with Crippen molar-refractivity contribution in [1.29, 1.82) is 0 Å². The molecule has 0 bridgehead atoms. The number of furan rings is 1. The van der Waals surface area contributed by atoms with Crippen LogP contribution in [0.5, 0.6) is 0 Å². The summed E-state index contributed by atoms with van der Waals surface area (Å²) >= 11 is 0. The van der Waals surface area contributed by atoms with Crippen molar-refractivity contribution >= 4 is 50.8 Å². The van der Waals surface area contributed by atoms with Gasteiger partial charge in [0.2, 0.25) is 0 Å². The number of hydrogen-bond donors (Lipinski definition) is 0. The molecule has 0 spiro atoms. The van der Waals surface area contributed by atoms with Crippen molar-refractivity contribution in [3.05, 3.63) is 231 Å². The van der Waals surface area contributed by atoms with Gasteiger partial charge in [-0.3, -0.25) is 0 Å². The molecule has 4 heteroatoms. The van der Waals surface area contributed by atoms with E-state index in [2.05, 4.69) is 212 Å². The predicted molar refractivity (Wildman–Crippen MR) is 259 cm³/mol. The van der Waals surface area contributed by atoms with Gasteiger partial charge in [0.15, 0.2) is 13.9 Å². The molecule has 0 N–H and O–H groups in total. The number of para-hydroxylation sites is 1. The Morgan fingerprint density at radius 1 is 0.306 bits per heavy atom. The zero-order valence-corrected chi connectivity index (χ0v) is 34.7. The van der Waals surface area contributed by atoms with Gasteiger partial charge in [0, 0.05) is 27.5 Å². The number of rotatable bonds is 7. The molecule has 290 valence electrons. The molecular weight excluding hydrogens is 769 g/mol. The van der Waals surface area contributed by atoms with Gasteiger partial charge >= 0.3 is 0 Å². The summed E-state index contributed by atoms with van der Waals surface area (Å²) in [5.74, 6) is 0.694. The van der Waals surface area contributed by atoms with Gasteiger partial charge in [-0.1, -0.05) is 206 Å². The van der Waals surface area contributed by atoms with E-state index in [0.29, 0.717) is 5.82 Å². The first-order valence-electron chi connectivity index (χ1n) is 21.1. The Labute approximate surface area is 361 Å². The summed E-state index contributed by atoms with van der Waals surface area (Å²) in [7, 11) is -2.53. The largest absolute Gasteiger partial charge is 0.456 e. The highest BCUT2D eigenvalue weighted by molar-refractivity contribution is 7.22. The highest BCUT2D eigenvalue weighted by Crippen LogP contribution is 2.35. The van der Waals surface area contributed by atoms with E-state index in [-0.39, 0.29) is 0 Å². The van der Waals surface area contributed by atoms with Crippen LogP contribution in [0.25, 0.3) is 89.2 Å². The first-order valence-corrected chi connectivity index (χ1v) is 23.1. The van der Waals surface area contributed by atoms with Crippen LogP contribution in [-0.4, -0.2) is 18.0 Å². The Kier molecular flexibility index (Phi) is 8.51. The number of fused-ring (bicyclic) bond motifs is 6. The SMILES string of the molecule is c1ccc(-c2cc(-c3ccc(-c4ccc5oc6ccccc6c5c4)cc3)nc(-c3ccc(-c4ccc([Si]5(c6ccccc6)c6ccccc6-c6ccccc65)cc4)cc3)n2)cc1. The lowest BCUT2D eigenvalue weighted by molar-refractivity contribution is 0.669. The van der Waals surface area contributed by atoms with Gasteiger partial charge in [0.25, 0.3) is 0 Å². The molecule has 2 aromatic heterocycles. The van der Waals surface area contributed by atoms with Crippen LogP contribution < -0.4 is 20.7 Å². The minimum atomic E-state index is -2.53. The molecule has 12 rings (SSSR count). The van der Waals surface area contributed by atoms with Crippen molar-refractivity contribution in [2.24, 2.45) is 0 Å². The molecular formula is C58H38N2OSi. The lowest BCUT2D eigenvalue weighted by Crippen LogP contribution is -2.72. The van der Waals surface area contributed by atoms with E-state index in [1.54, 1.807) is 0 Å². The normalized spacial score (nSPS) is 12.6. The van der Waals surface area contributed by atoms with Crippen molar-refractivity contribution in [2.45, 2.75) is 0 Å². The van der Waals surface area contributed by atoms with E-state index < -0.39 is 8.07 Å². The molecule has 0 radical (unpaired) electrons. The van der Waals surface area contributed by atoms with Gasteiger partial charge < -0.3 is 4.42 Å². The second kappa shape index (κ2) is 14.7. The maximum atomic E-state index is 6.09. The standard InChI is InChI=1S/C58H38N2OSi/c1-3-13-42(14-4-1)52-38-53(43-27-23-41(24-28-43)45-33-36-55-51(37-45)48-17-7-10-20-54(48)61-55)60-58(59-52)44-29-25-39(26-30-44)40-31-34-47(35-32-40)62(46-15-5-2-6-16-46)56-21-11-8-18-49(56)50-19-9-12-22-57(50)62/h1-38H. The molecule has 0 unspecified atom stereocenters. The van der Waals surface area contributed by atoms with Gasteiger partial charge in [-0.15, -0.1) is 0 Å². The Bertz CT molecular complexity index is 3390. The Morgan fingerprint density at radius 2 is 0.758 bits per heavy atom. The predicted octanol–water partition coefficient (Wildman–Crippen LogP) is 12.1. The maximum absolute atomic E-state index is 6.09. The van der Waals surface area contributed by atoms with Crippen LogP contribution >= 0.6 is 0 Å². The molecule has 3 heterocycles. The Hall–Kier alpha value is -7.92. The van der Waals surface area contributed by atoms with Gasteiger partial charge in [0.1, 0.15) is 11.2 Å². The molecule has 0 aliphatic carbocycles. The van der Waals surface area contributed by atoms with Crippen LogP contribution in [0.3, 0.4) is 0 Å². The summed E-state index contributed by atoms with van der Waals surface area (Å²) in [6.45, 7) is 0. The summed E-state index contributed by atoms with van der Waals surface area (Å²) in [6.07, 6.45) is 0. The highest BCUT2D eigenvalue weighted by Gasteiger charge is 2.48. The van der Waals surface area contributed by atoms with Gasteiger partial charge in [-0.05, 0) is 78.4 Å². The molecule has 11 aromatic rings. The van der Waals surface area contributed by atoms with Crippen LogP contribution in [0.15, 0.2) is 235 Å². The first kappa shape index (κ1) is 36.0. The summed E-state index contributed by atoms with van der Waals surface area (Å²) in [5.41, 5.74) is 13.9. The smallest absolute Gasteiger partial charge is 0.180 e. The van der Waals surface area contributed by atoms with Crippen molar-refractivity contribution < 1.29 is 4.42 Å².